The van der Waals surface area contributed by atoms with E-state index in [0.29, 0.717) is 5.92 Å². The van der Waals surface area contributed by atoms with Gasteiger partial charge in [0.25, 0.3) is 0 Å². The predicted molar refractivity (Wildman–Crippen MR) is 103 cm³/mol. The third-order valence-corrected chi connectivity index (χ3v) is 6.22. The van der Waals surface area contributed by atoms with Gasteiger partial charge in [-0.2, -0.15) is 0 Å². The molecular formula is C20H39N3O2. The van der Waals surface area contributed by atoms with E-state index in [2.05, 4.69) is 29.1 Å². The van der Waals surface area contributed by atoms with Gasteiger partial charge < -0.3 is 15.3 Å². The van der Waals surface area contributed by atoms with Crippen LogP contribution in [0.25, 0.3) is 0 Å². The number of likely N-dealkylation sites (tertiary alicyclic amines) is 1. The summed E-state index contributed by atoms with van der Waals surface area (Å²) in [4.78, 5) is 17.4. The predicted octanol–water partition coefficient (Wildman–Crippen LogP) is 2.24. The van der Waals surface area contributed by atoms with Gasteiger partial charge in [-0.15, -0.1) is 0 Å². The summed E-state index contributed by atoms with van der Waals surface area (Å²) in [6, 6.07) is 0. The summed E-state index contributed by atoms with van der Waals surface area (Å²) in [6.07, 6.45) is 7.32. The lowest BCUT2D eigenvalue weighted by molar-refractivity contribution is -0.134. The van der Waals surface area contributed by atoms with Gasteiger partial charge >= 0.3 is 0 Å². The van der Waals surface area contributed by atoms with Crippen LogP contribution < -0.4 is 5.32 Å². The van der Waals surface area contributed by atoms with Crippen LogP contribution >= 0.6 is 0 Å². The molecule has 5 nitrogen and oxygen atoms in total. The van der Waals surface area contributed by atoms with Gasteiger partial charge in [0.05, 0.1) is 5.60 Å². The molecule has 2 N–H and O–H groups in total. The van der Waals surface area contributed by atoms with Crippen molar-refractivity contribution in [1.29, 1.82) is 0 Å². The molecule has 2 fully saturated rings. The number of hydrogen-bond acceptors (Lipinski definition) is 4. The van der Waals surface area contributed by atoms with E-state index in [1.807, 2.05) is 13.8 Å². The maximum Gasteiger partial charge on any atom is 0.240 e. The molecule has 2 heterocycles. The fourth-order valence-electron chi connectivity index (χ4n) is 4.26. The molecule has 2 saturated heterocycles. The summed E-state index contributed by atoms with van der Waals surface area (Å²) in [5.74, 6) is 0.939. The van der Waals surface area contributed by atoms with Gasteiger partial charge in [0.15, 0.2) is 0 Å². The number of carbonyl (C=O) groups excluding carboxylic acids is 1. The minimum atomic E-state index is -0.535. The van der Waals surface area contributed by atoms with Gasteiger partial charge in [-0.25, -0.2) is 0 Å². The minimum absolute atomic E-state index is 0.243. The van der Waals surface area contributed by atoms with Crippen LogP contribution in [0.3, 0.4) is 0 Å². The Hall–Kier alpha value is -0.650. The smallest absolute Gasteiger partial charge is 0.240 e. The molecule has 0 unspecified atom stereocenters. The number of piperidine rings is 1. The van der Waals surface area contributed by atoms with Gasteiger partial charge in [-0.3, -0.25) is 9.69 Å². The lowest BCUT2D eigenvalue weighted by Gasteiger charge is -2.45. The van der Waals surface area contributed by atoms with Crippen LogP contribution in [-0.4, -0.2) is 71.7 Å². The van der Waals surface area contributed by atoms with E-state index in [-0.39, 0.29) is 11.4 Å². The largest absolute Gasteiger partial charge is 0.390 e. The van der Waals surface area contributed by atoms with Crippen molar-refractivity contribution in [2.75, 3.05) is 39.8 Å². The van der Waals surface area contributed by atoms with Crippen molar-refractivity contribution >= 4 is 5.91 Å². The molecule has 0 aliphatic carbocycles. The van der Waals surface area contributed by atoms with Gasteiger partial charge in [0.2, 0.25) is 5.91 Å². The summed E-state index contributed by atoms with van der Waals surface area (Å²) in [6.45, 7) is 11.1. The first-order valence-corrected chi connectivity index (χ1v) is 10.2. The Morgan fingerprint density at radius 2 is 1.92 bits per heavy atom. The topological polar surface area (TPSA) is 55.8 Å². The zero-order chi connectivity index (χ0) is 18.5. The molecule has 5 heteroatoms. The second kappa shape index (κ2) is 8.83. The van der Waals surface area contributed by atoms with Crippen LogP contribution in [0.5, 0.6) is 0 Å². The Bertz CT molecular complexity index is 425. The van der Waals surface area contributed by atoms with Crippen LogP contribution in [0, 0.1) is 5.92 Å². The number of nitrogens with zero attached hydrogens (tertiary/aromatic N) is 2. The zero-order valence-corrected chi connectivity index (χ0v) is 16.8. The normalized spacial score (nSPS) is 24.1. The Morgan fingerprint density at radius 3 is 2.56 bits per heavy atom. The van der Waals surface area contributed by atoms with E-state index >= 15 is 0 Å². The SMILES string of the molecule is C[C@H](CCCC(C)(C)O)CCN1CCC2(CC1)C(=O)NCCCN2C. The van der Waals surface area contributed by atoms with E-state index in [1.54, 1.807) is 0 Å². The highest BCUT2D eigenvalue weighted by molar-refractivity contribution is 5.86. The number of aliphatic hydroxyl groups is 1. The average Bonchev–Trinajstić information content (AvgIpc) is 2.67. The number of amides is 1. The van der Waals surface area contributed by atoms with E-state index in [1.165, 1.54) is 12.8 Å². The molecule has 0 bridgehead atoms. The first-order chi connectivity index (χ1) is 11.7. The van der Waals surface area contributed by atoms with Crippen LogP contribution in [0.15, 0.2) is 0 Å². The number of hydrogen-bond donors (Lipinski definition) is 2. The van der Waals surface area contributed by atoms with Gasteiger partial charge in [-0.05, 0) is 65.5 Å². The molecule has 2 rings (SSSR count). The maximum absolute atomic E-state index is 12.6. The van der Waals surface area contributed by atoms with Gasteiger partial charge in [-0.1, -0.05) is 19.8 Å². The highest BCUT2D eigenvalue weighted by atomic mass is 16.3. The van der Waals surface area contributed by atoms with Crippen molar-refractivity contribution in [3.63, 3.8) is 0 Å². The minimum Gasteiger partial charge on any atom is -0.390 e. The number of rotatable bonds is 7. The van der Waals surface area contributed by atoms with Crippen molar-refractivity contribution < 1.29 is 9.90 Å². The molecule has 25 heavy (non-hydrogen) atoms. The van der Waals surface area contributed by atoms with Gasteiger partial charge in [0, 0.05) is 26.2 Å². The number of likely N-dealkylation sites (N-methyl/N-ethyl adjacent to an activating group) is 1. The van der Waals surface area contributed by atoms with E-state index < -0.39 is 5.60 Å². The second-order valence-electron chi connectivity index (χ2n) is 9.00. The number of nitrogens with one attached hydrogen (secondary N) is 1. The molecule has 1 spiro atoms. The fourth-order valence-corrected chi connectivity index (χ4v) is 4.26. The number of carbonyl (C=O) groups is 1. The second-order valence-corrected chi connectivity index (χ2v) is 9.00. The molecule has 2 aliphatic heterocycles. The fraction of sp³-hybridized carbons (Fsp3) is 0.950. The van der Waals surface area contributed by atoms with E-state index in [9.17, 15) is 9.90 Å². The average molecular weight is 354 g/mol. The Labute approximate surface area is 154 Å². The Kier molecular flexibility index (Phi) is 7.29. The molecule has 0 saturated carbocycles. The molecule has 0 aromatic carbocycles. The van der Waals surface area contributed by atoms with Crippen molar-refractivity contribution in [3.05, 3.63) is 0 Å². The lowest BCUT2D eigenvalue weighted by atomic mass is 9.84. The van der Waals surface area contributed by atoms with Gasteiger partial charge in [0.1, 0.15) is 5.54 Å². The third-order valence-electron chi connectivity index (χ3n) is 6.22. The molecule has 1 atom stereocenters. The molecule has 2 aliphatic rings. The van der Waals surface area contributed by atoms with Crippen molar-refractivity contribution in [2.45, 2.75) is 76.9 Å². The van der Waals surface area contributed by atoms with E-state index in [4.69, 9.17) is 0 Å². The van der Waals surface area contributed by atoms with Crippen molar-refractivity contribution in [3.8, 4) is 0 Å². The quantitative estimate of drug-likeness (QED) is 0.737. The summed E-state index contributed by atoms with van der Waals surface area (Å²) in [7, 11) is 2.12. The van der Waals surface area contributed by atoms with Crippen LogP contribution in [-0.2, 0) is 4.79 Å². The third kappa shape index (κ3) is 5.93. The first kappa shape index (κ1) is 20.7. The van der Waals surface area contributed by atoms with Crippen LogP contribution in [0.4, 0.5) is 0 Å². The standard InChI is InChI=1S/C20H39N3O2/c1-17(7-5-9-19(2,3)25)8-14-23-15-10-20(11-16-23)18(24)21-12-6-13-22(20)4/h17,25H,5-16H2,1-4H3,(H,21,24)/t17-/m1/s1. The lowest BCUT2D eigenvalue weighted by Crippen LogP contribution is -2.60. The van der Waals surface area contributed by atoms with E-state index in [0.717, 1.165) is 64.8 Å². The van der Waals surface area contributed by atoms with Crippen molar-refractivity contribution in [2.24, 2.45) is 5.92 Å². The Morgan fingerprint density at radius 1 is 1.24 bits per heavy atom. The molecule has 0 aromatic rings. The molecule has 146 valence electrons. The molecule has 0 radical (unpaired) electrons. The van der Waals surface area contributed by atoms with Crippen LogP contribution in [0.2, 0.25) is 0 Å². The van der Waals surface area contributed by atoms with Crippen LogP contribution in [0.1, 0.15) is 65.7 Å². The monoisotopic (exact) mass is 353 g/mol. The zero-order valence-electron chi connectivity index (χ0n) is 16.8. The summed E-state index contributed by atoms with van der Waals surface area (Å²) < 4.78 is 0. The van der Waals surface area contributed by atoms with Crippen molar-refractivity contribution in [1.82, 2.24) is 15.1 Å². The highest BCUT2D eigenvalue weighted by Crippen LogP contribution is 2.30. The Balaban J connectivity index is 1.72. The maximum atomic E-state index is 12.6. The molecular weight excluding hydrogens is 314 g/mol. The first-order valence-electron chi connectivity index (χ1n) is 10.2. The summed E-state index contributed by atoms with van der Waals surface area (Å²) in [5, 5.41) is 12.9. The highest BCUT2D eigenvalue weighted by Gasteiger charge is 2.45. The summed E-state index contributed by atoms with van der Waals surface area (Å²) >= 11 is 0. The summed E-state index contributed by atoms with van der Waals surface area (Å²) in [5.41, 5.74) is -0.808. The molecule has 0 aromatic heterocycles. The molecule has 1 amide bonds.